The summed E-state index contributed by atoms with van der Waals surface area (Å²) >= 11 is 0. The van der Waals surface area contributed by atoms with Crippen LogP contribution >= 0.6 is 18.5 Å². The van der Waals surface area contributed by atoms with Gasteiger partial charge in [0.05, 0.1) is 0 Å². The van der Waals surface area contributed by atoms with Crippen molar-refractivity contribution < 1.29 is 0 Å². The fraction of sp³-hybridized carbons (Fsp3) is 0.538. The Morgan fingerprint density at radius 2 is 1.44 bits per heavy atom. The standard InChI is InChI=1S/C13H23NP2/c15-10-4-8-14(9-5-11-16)12-13-6-2-1-3-7-13/h1-3,6-7H,4-5,8-12,15-16H2. The summed E-state index contributed by atoms with van der Waals surface area (Å²) in [6.07, 6.45) is 4.95. The zero-order chi connectivity index (χ0) is 11.6. The lowest BCUT2D eigenvalue weighted by Gasteiger charge is -2.21. The first-order chi connectivity index (χ1) is 7.86. The molecule has 3 heteroatoms. The Hall–Kier alpha value is 0.0400. The van der Waals surface area contributed by atoms with Gasteiger partial charge in [-0.3, -0.25) is 4.90 Å². The third-order valence-corrected chi connectivity index (χ3v) is 3.42. The van der Waals surface area contributed by atoms with Gasteiger partial charge in [-0.05, 0) is 43.8 Å². The average Bonchev–Trinajstić information content (AvgIpc) is 2.34. The van der Waals surface area contributed by atoms with Gasteiger partial charge in [-0.1, -0.05) is 30.3 Å². The summed E-state index contributed by atoms with van der Waals surface area (Å²) < 4.78 is 0. The minimum atomic E-state index is 1.09. The Morgan fingerprint density at radius 3 is 1.94 bits per heavy atom. The molecule has 0 amide bonds. The molecule has 0 spiro atoms. The van der Waals surface area contributed by atoms with E-state index in [4.69, 9.17) is 0 Å². The topological polar surface area (TPSA) is 3.24 Å². The van der Waals surface area contributed by atoms with Crippen molar-refractivity contribution in [2.24, 2.45) is 0 Å². The second-order valence-electron chi connectivity index (χ2n) is 4.05. The monoisotopic (exact) mass is 255 g/mol. The van der Waals surface area contributed by atoms with E-state index >= 15 is 0 Å². The highest BCUT2D eigenvalue weighted by atomic mass is 31.0. The molecule has 2 unspecified atom stereocenters. The quantitative estimate of drug-likeness (QED) is 0.645. The van der Waals surface area contributed by atoms with E-state index in [0.29, 0.717) is 0 Å². The molecule has 0 fully saturated rings. The van der Waals surface area contributed by atoms with Crippen LogP contribution in [0.2, 0.25) is 0 Å². The first-order valence-corrected chi connectivity index (χ1v) is 7.66. The maximum atomic E-state index is 2.81. The van der Waals surface area contributed by atoms with Gasteiger partial charge < -0.3 is 0 Å². The van der Waals surface area contributed by atoms with Gasteiger partial charge in [0.2, 0.25) is 0 Å². The summed E-state index contributed by atoms with van der Waals surface area (Å²) in [7, 11) is 5.62. The molecule has 0 radical (unpaired) electrons. The lowest BCUT2D eigenvalue weighted by Crippen LogP contribution is -2.26. The molecule has 0 N–H and O–H groups in total. The molecular weight excluding hydrogens is 232 g/mol. The molecule has 1 nitrogen and oxygen atoms in total. The maximum absolute atomic E-state index is 2.81. The fourth-order valence-electron chi connectivity index (χ4n) is 1.74. The molecule has 90 valence electrons. The van der Waals surface area contributed by atoms with Crippen LogP contribution in [0.15, 0.2) is 30.3 Å². The van der Waals surface area contributed by atoms with Gasteiger partial charge in [0.1, 0.15) is 0 Å². The molecular formula is C13H23NP2. The van der Waals surface area contributed by atoms with Gasteiger partial charge in [-0.25, -0.2) is 0 Å². The zero-order valence-electron chi connectivity index (χ0n) is 9.94. The Balaban J connectivity index is 2.42. The van der Waals surface area contributed by atoms with E-state index in [-0.39, 0.29) is 0 Å². The third-order valence-electron chi connectivity index (χ3n) is 2.61. The molecule has 0 aliphatic rings. The van der Waals surface area contributed by atoms with Crippen LogP contribution < -0.4 is 0 Å². The maximum Gasteiger partial charge on any atom is 0.0233 e. The van der Waals surface area contributed by atoms with Crippen molar-refractivity contribution in [3.63, 3.8) is 0 Å². The first kappa shape index (κ1) is 14.1. The van der Waals surface area contributed by atoms with E-state index in [9.17, 15) is 0 Å². The molecule has 0 heterocycles. The van der Waals surface area contributed by atoms with Crippen molar-refractivity contribution in [2.45, 2.75) is 19.4 Å². The van der Waals surface area contributed by atoms with Gasteiger partial charge in [0.25, 0.3) is 0 Å². The molecule has 0 saturated heterocycles. The van der Waals surface area contributed by atoms with Crippen molar-refractivity contribution in [2.75, 3.05) is 25.4 Å². The second-order valence-corrected chi connectivity index (χ2v) is 5.20. The van der Waals surface area contributed by atoms with Crippen LogP contribution in [0.1, 0.15) is 18.4 Å². The SMILES string of the molecule is PCCCN(CCCP)Cc1ccccc1. The second kappa shape index (κ2) is 9.11. The molecule has 1 aromatic rings. The fourth-order valence-corrected chi connectivity index (χ4v) is 2.11. The number of nitrogens with zero attached hydrogens (tertiary/aromatic N) is 1. The summed E-state index contributed by atoms with van der Waals surface area (Å²) in [6, 6.07) is 10.8. The summed E-state index contributed by atoms with van der Waals surface area (Å²) in [5, 5.41) is 0. The van der Waals surface area contributed by atoms with Crippen LogP contribution in [0.3, 0.4) is 0 Å². The molecule has 0 aliphatic heterocycles. The van der Waals surface area contributed by atoms with Crippen LogP contribution in [0.25, 0.3) is 0 Å². The van der Waals surface area contributed by atoms with E-state index in [0.717, 1.165) is 6.54 Å². The Morgan fingerprint density at radius 1 is 0.875 bits per heavy atom. The van der Waals surface area contributed by atoms with E-state index in [1.807, 2.05) is 0 Å². The molecule has 0 saturated carbocycles. The lowest BCUT2D eigenvalue weighted by atomic mass is 10.2. The van der Waals surface area contributed by atoms with Crippen molar-refractivity contribution in [1.82, 2.24) is 4.90 Å². The molecule has 16 heavy (non-hydrogen) atoms. The van der Waals surface area contributed by atoms with Gasteiger partial charge in [-0.2, -0.15) is 0 Å². The Kier molecular flexibility index (Phi) is 8.03. The number of rotatable bonds is 8. The predicted octanol–water partition coefficient (Wildman–Crippen LogP) is 3.02. The highest BCUT2D eigenvalue weighted by molar-refractivity contribution is 7.16. The zero-order valence-corrected chi connectivity index (χ0v) is 12.2. The summed E-state index contributed by atoms with van der Waals surface area (Å²) in [4.78, 5) is 2.56. The van der Waals surface area contributed by atoms with Gasteiger partial charge >= 0.3 is 0 Å². The van der Waals surface area contributed by atoms with Crippen LogP contribution in [0.5, 0.6) is 0 Å². The van der Waals surface area contributed by atoms with Crippen LogP contribution in [0, 0.1) is 0 Å². The average molecular weight is 255 g/mol. The molecule has 0 aromatic heterocycles. The Labute approximate surface area is 104 Å². The molecule has 1 aromatic carbocycles. The third kappa shape index (κ3) is 5.94. The molecule has 1 rings (SSSR count). The van der Waals surface area contributed by atoms with E-state index in [2.05, 4.69) is 53.7 Å². The first-order valence-electron chi connectivity index (χ1n) is 6.03. The van der Waals surface area contributed by atoms with Crippen molar-refractivity contribution in [3.05, 3.63) is 35.9 Å². The minimum absolute atomic E-state index is 1.09. The van der Waals surface area contributed by atoms with Crippen LogP contribution in [0.4, 0.5) is 0 Å². The highest BCUT2D eigenvalue weighted by Crippen LogP contribution is 2.07. The van der Waals surface area contributed by atoms with Crippen LogP contribution in [-0.2, 0) is 6.54 Å². The smallest absolute Gasteiger partial charge is 0.0233 e. The Bertz CT molecular complexity index is 256. The highest BCUT2D eigenvalue weighted by Gasteiger charge is 2.04. The van der Waals surface area contributed by atoms with Gasteiger partial charge in [0, 0.05) is 6.54 Å². The van der Waals surface area contributed by atoms with Gasteiger partial charge in [-0.15, -0.1) is 18.5 Å². The van der Waals surface area contributed by atoms with E-state index < -0.39 is 0 Å². The molecule has 0 bridgehead atoms. The normalized spacial score (nSPS) is 10.9. The van der Waals surface area contributed by atoms with Crippen molar-refractivity contribution in [3.8, 4) is 0 Å². The van der Waals surface area contributed by atoms with E-state index in [1.165, 1.54) is 43.8 Å². The lowest BCUT2D eigenvalue weighted by molar-refractivity contribution is 0.268. The van der Waals surface area contributed by atoms with Gasteiger partial charge in [0.15, 0.2) is 0 Å². The summed E-state index contributed by atoms with van der Waals surface area (Å²) in [5.74, 6) is 0. The largest absolute Gasteiger partial charge is 0.299 e. The minimum Gasteiger partial charge on any atom is -0.299 e. The number of benzene rings is 1. The molecule has 0 aliphatic carbocycles. The van der Waals surface area contributed by atoms with Crippen LogP contribution in [-0.4, -0.2) is 30.3 Å². The van der Waals surface area contributed by atoms with Crippen molar-refractivity contribution >= 4 is 18.5 Å². The number of hydrogen-bond donors (Lipinski definition) is 0. The van der Waals surface area contributed by atoms with E-state index in [1.54, 1.807) is 0 Å². The molecule has 2 atom stereocenters. The predicted molar refractivity (Wildman–Crippen MR) is 80.1 cm³/mol. The summed E-state index contributed by atoms with van der Waals surface area (Å²) in [5.41, 5.74) is 1.43. The number of hydrogen-bond acceptors (Lipinski definition) is 1. The summed E-state index contributed by atoms with van der Waals surface area (Å²) in [6.45, 7) is 3.52. The van der Waals surface area contributed by atoms with Crippen molar-refractivity contribution in [1.29, 1.82) is 0 Å².